The molecule has 0 bridgehead atoms. The molecule has 2 aromatic carbocycles. The van der Waals surface area contributed by atoms with E-state index in [1.807, 2.05) is 0 Å². The summed E-state index contributed by atoms with van der Waals surface area (Å²) in [5.41, 5.74) is 7.39. The van der Waals surface area contributed by atoms with E-state index >= 15 is 0 Å². The van der Waals surface area contributed by atoms with Crippen LogP contribution in [0.3, 0.4) is 0 Å². The summed E-state index contributed by atoms with van der Waals surface area (Å²) in [5, 5.41) is 3.11. The van der Waals surface area contributed by atoms with Gasteiger partial charge in [-0.3, -0.25) is 0 Å². The average Bonchev–Trinajstić information content (AvgIpc) is 2.61. The number of pyridine rings is 1. The lowest BCUT2D eigenvalue weighted by molar-refractivity contribution is 0.400. The molecule has 0 saturated heterocycles. The van der Waals surface area contributed by atoms with Gasteiger partial charge in [-0.2, -0.15) is 0 Å². The second-order valence-electron chi connectivity index (χ2n) is 5.22. The van der Waals surface area contributed by atoms with E-state index < -0.39 is 11.6 Å². The van der Waals surface area contributed by atoms with Gasteiger partial charge in [0.25, 0.3) is 0 Å². The third kappa shape index (κ3) is 3.85. The summed E-state index contributed by atoms with van der Waals surface area (Å²) >= 11 is 3.38. The third-order valence-electron chi connectivity index (χ3n) is 3.47. The molecule has 0 spiro atoms. The summed E-state index contributed by atoms with van der Waals surface area (Å²) in [5.74, 6) is -0.979. The predicted octanol–water partition coefficient (Wildman–Crippen LogP) is 5.25. The molecular weight excluding hydrogens is 408 g/mol. The highest BCUT2D eigenvalue weighted by atomic mass is 79.9. The Labute approximate surface area is 156 Å². The second-order valence-corrected chi connectivity index (χ2v) is 6.14. The van der Waals surface area contributed by atoms with E-state index in [0.717, 1.165) is 16.6 Å². The molecule has 5 nitrogen and oxygen atoms in total. The lowest BCUT2D eigenvalue weighted by atomic mass is 10.2. The summed E-state index contributed by atoms with van der Waals surface area (Å²) in [7, 11) is 1.47. The first-order chi connectivity index (χ1) is 12.5. The summed E-state index contributed by atoms with van der Waals surface area (Å²) < 4.78 is 38.4. The number of hydrogen-bond acceptors (Lipinski definition) is 5. The molecule has 3 N–H and O–H groups in total. The average molecular weight is 422 g/mol. The Morgan fingerprint density at radius 1 is 1.04 bits per heavy atom. The van der Waals surface area contributed by atoms with E-state index in [4.69, 9.17) is 15.2 Å². The number of nitrogen functional groups attached to an aromatic ring is 1. The van der Waals surface area contributed by atoms with Crippen molar-refractivity contribution in [3.8, 4) is 17.4 Å². The van der Waals surface area contributed by atoms with Crippen LogP contribution in [0.2, 0.25) is 0 Å². The van der Waals surface area contributed by atoms with Crippen LogP contribution in [0.25, 0.3) is 0 Å². The SMILES string of the molecule is COc1nccc(Nc2cc(Br)ccc2Oc2ccc(F)cc2F)c1N. The molecule has 1 aromatic heterocycles. The fourth-order valence-electron chi connectivity index (χ4n) is 2.24. The van der Waals surface area contributed by atoms with Gasteiger partial charge in [0.1, 0.15) is 11.5 Å². The van der Waals surface area contributed by atoms with Crippen LogP contribution >= 0.6 is 15.9 Å². The zero-order chi connectivity index (χ0) is 18.7. The highest BCUT2D eigenvalue weighted by molar-refractivity contribution is 9.10. The fourth-order valence-corrected chi connectivity index (χ4v) is 2.60. The molecule has 1 heterocycles. The van der Waals surface area contributed by atoms with Crippen LogP contribution in [0.15, 0.2) is 53.1 Å². The van der Waals surface area contributed by atoms with E-state index in [1.165, 1.54) is 19.4 Å². The molecular formula is C18H14BrF2N3O2. The molecule has 3 rings (SSSR count). The topological polar surface area (TPSA) is 69.4 Å². The van der Waals surface area contributed by atoms with Crippen molar-refractivity contribution >= 4 is 33.0 Å². The highest BCUT2D eigenvalue weighted by Crippen LogP contribution is 2.37. The van der Waals surface area contributed by atoms with E-state index in [-0.39, 0.29) is 11.6 Å². The van der Waals surface area contributed by atoms with E-state index in [2.05, 4.69) is 26.2 Å². The molecule has 0 aliphatic rings. The second kappa shape index (κ2) is 7.57. The predicted molar refractivity (Wildman–Crippen MR) is 99.1 cm³/mol. The van der Waals surface area contributed by atoms with Crippen molar-refractivity contribution < 1.29 is 18.3 Å². The summed E-state index contributed by atoms with van der Waals surface area (Å²) in [4.78, 5) is 4.01. The van der Waals surface area contributed by atoms with Crippen LogP contribution in [-0.2, 0) is 0 Å². The number of methoxy groups -OCH3 is 1. The largest absolute Gasteiger partial charge is 0.479 e. The van der Waals surface area contributed by atoms with Crippen LogP contribution < -0.4 is 20.5 Å². The maximum Gasteiger partial charge on any atom is 0.239 e. The molecule has 26 heavy (non-hydrogen) atoms. The van der Waals surface area contributed by atoms with Crippen molar-refractivity contribution in [1.29, 1.82) is 0 Å². The van der Waals surface area contributed by atoms with Gasteiger partial charge in [-0.05, 0) is 36.4 Å². The number of rotatable bonds is 5. The smallest absolute Gasteiger partial charge is 0.239 e. The molecule has 0 atom stereocenters. The molecule has 0 unspecified atom stereocenters. The summed E-state index contributed by atoms with van der Waals surface area (Å²) in [6, 6.07) is 9.88. The van der Waals surface area contributed by atoms with Crippen molar-refractivity contribution in [1.82, 2.24) is 4.98 Å². The molecule has 0 amide bonds. The third-order valence-corrected chi connectivity index (χ3v) is 3.96. The Bertz CT molecular complexity index is 954. The molecule has 0 aliphatic heterocycles. The van der Waals surface area contributed by atoms with Gasteiger partial charge in [0.15, 0.2) is 17.3 Å². The van der Waals surface area contributed by atoms with Crippen molar-refractivity contribution in [2.75, 3.05) is 18.2 Å². The van der Waals surface area contributed by atoms with E-state index in [0.29, 0.717) is 22.8 Å². The van der Waals surface area contributed by atoms with Gasteiger partial charge in [-0.15, -0.1) is 0 Å². The zero-order valence-corrected chi connectivity index (χ0v) is 15.2. The highest BCUT2D eigenvalue weighted by Gasteiger charge is 2.13. The van der Waals surface area contributed by atoms with Crippen molar-refractivity contribution in [2.24, 2.45) is 0 Å². The van der Waals surface area contributed by atoms with Gasteiger partial charge in [0.2, 0.25) is 5.88 Å². The van der Waals surface area contributed by atoms with Crippen molar-refractivity contribution in [3.05, 3.63) is 64.8 Å². The number of nitrogens with one attached hydrogen (secondary N) is 1. The maximum atomic E-state index is 13.9. The number of aromatic nitrogens is 1. The minimum atomic E-state index is -0.802. The van der Waals surface area contributed by atoms with Crippen LogP contribution in [-0.4, -0.2) is 12.1 Å². The Kier molecular flexibility index (Phi) is 5.22. The molecule has 0 aliphatic carbocycles. The number of benzene rings is 2. The number of halogens is 3. The van der Waals surface area contributed by atoms with Crippen LogP contribution in [0.4, 0.5) is 25.8 Å². The van der Waals surface area contributed by atoms with Gasteiger partial charge < -0.3 is 20.5 Å². The van der Waals surface area contributed by atoms with Gasteiger partial charge >= 0.3 is 0 Å². The normalized spacial score (nSPS) is 10.5. The summed E-state index contributed by atoms with van der Waals surface area (Å²) in [6.07, 6.45) is 1.54. The first-order valence-corrected chi connectivity index (χ1v) is 8.25. The number of ether oxygens (including phenoxy) is 2. The minimum absolute atomic E-state index is 0.1000. The van der Waals surface area contributed by atoms with Crippen molar-refractivity contribution in [2.45, 2.75) is 0 Å². The first-order valence-electron chi connectivity index (χ1n) is 7.46. The number of anilines is 3. The first kappa shape index (κ1) is 17.9. The maximum absolute atomic E-state index is 13.9. The molecule has 0 radical (unpaired) electrons. The molecule has 0 fully saturated rings. The summed E-state index contributed by atoms with van der Waals surface area (Å²) in [6.45, 7) is 0. The van der Waals surface area contributed by atoms with Crippen LogP contribution in [0.1, 0.15) is 0 Å². The minimum Gasteiger partial charge on any atom is -0.479 e. The lowest BCUT2D eigenvalue weighted by Crippen LogP contribution is -2.02. The van der Waals surface area contributed by atoms with Crippen molar-refractivity contribution in [3.63, 3.8) is 0 Å². The quantitative estimate of drug-likeness (QED) is 0.588. The standard InChI is InChI=1S/C18H14BrF2N3O2/c1-25-18-17(22)13(6-7-23-18)24-14-8-10(19)2-4-16(14)26-15-5-3-11(20)9-12(15)21/h2-9H,22H2,1H3,(H,23,24). The monoisotopic (exact) mass is 421 g/mol. The Morgan fingerprint density at radius 3 is 2.54 bits per heavy atom. The van der Waals surface area contributed by atoms with Gasteiger partial charge in [0.05, 0.1) is 18.5 Å². The molecule has 3 aromatic rings. The number of nitrogens with two attached hydrogens (primary N) is 1. The Balaban J connectivity index is 1.96. The Hall–Kier alpha value is -2.87. The zero-order valence-electron chi connectivity index (χ0n) is 13.6. The lowest BCUT2D eigenvalue weighted by Gasteiger charge is -2.16. The Morgan fingerprint density at radius 2 is 1.81 bits per heavy atom. The fraction of sp³-hybridized carbons (Fsp3) is 0.0556. The van der Waals surface area contributed by atoms with E-state index in [9.17, 15) is 8.78 Å². The van der Waals surface area contributed by atoms with Gasteiger partial charge in [-0.1, -0.05) is 15.9 Å². The van der Waals surface area contributed by atoms with E-state index in [1.54, 1.807) is 24.3 Å². The molecule has 0 saturated carbocycles. The van der Waals surface area contributed by atoms with Crippen LogP contribution in [0, 0.1) is 11.6 Å². The molecule has 134 valence electrons. The molecule has 8 heteroatoms. The van der Waals surface area contributed by atoms with Crippen LogP contribution in [0.5, 0.6) is 17.4 Å². The van der Waals surface area contributed by atoms with Gasteiger partial charge in [-0.25, -0.2) is 13.8 Å². The number of nitrogens with zero attached hydrogens (tertiary/aromatic N) is 1. The van der Waals surface area contributed by atoms with Gasteiger partial charge in [0, 0.05) is 16.7 Å². The number of hydrogen-bond donors (Lipinski definition) is 2.